The van der Waals surface area contributed by atoms with Gasteiger partial charge < -0.3 is 4.74 Å². The largest absolute Gasteiger partial charge is 0.496 e. The summed E-state index contributed by atoms with van der Waals surface area (Å²) in [5.74, 6) is 0.533. The van der Waals surface area contributed by atoms with Gasteiger partial charge in [-0.1, -0.05) is 30.3 Å². The lowest BCUT2D eigenvalue weighted by Gasteiger charge is -2.03. The quantitative estimate of drug-likeness (QED) is 0.499. The molecule has 0 heterocycles. The van der Waals surface area contributed by atoms with Crippen molar-refractivity contribution in [1.29, 1.82) is 0 Å². The van der Waals surface area contributed by atoms with Crippen LogP contribution in [0, 0.1) is 0 Å². The summed E-state index contributed by atoms with van der Waals surface area (Å²) in [6.07, 6.45) is 2.95. The number of methoxy groups -OCH3 is 1. The maximum Gasteiger partial charge on any atom is 0.229 e. The fraction of sp³-hybridized carbons (Fsp3) is 0.100. The highest BCUT2D eigenvalue weighted by Gasteiger charge is 1.97. The van der Waals surface area contributed by atoms with Crippen molar-refractivity contribution in [2.24, 2.45) is 0 Å². The van der Waals surface area contributed by atoms with E-state index in [4.69, 9.17) is 4.74 Å². The monoisotopic (exact) mass is 161 g/mol. The van der Waals surface area contributed by atoms with Crippen LogP contribution in [-0.4, -0.2) is 13.4 Å². The summed E-state index contributed by atoms with van der Waals surface area (Å²) in [7, 11) is 1.52. The Labute approximate surface area is 71.5 Å². The number of carbonyl (C=O) groups excluding carboxylic acids is 1. The van der Waals surface area contributed by atoms with Crippen LogP contribution in [0.5, 0.6) is 0 Å². The van der Waals surface area contributed by atoms with E-state index in [9.17, 15) is 4.79 Å². The molecule has 0 aliphatic heterocycles. The summed E-state index contributed by atoms with van der Waals surface area (Å²) < 4.78 is 4.98. The minimum Gasteiger partial charge on any atom is -0.496 e. The normalized spacial score (nSPS) is 10.9. The van der Waals surface area contributed by atoms with E-state index in [2.05, 4.69) is 0 Å². The first-order valence-corrected chi connectivity index (χ1v) is 3.55. The molecule has 0 N–H and O–H groups in total. The molecule has 0 aromatic heterocycles. The van der Waals surface area contributed by atoms with Crippen molar-refractivity contribution in [3.8, 4) is 0 Å². The molecule has 0 unspecified atom stereocenters. The van der Waals surface area contributed by atoms with E-state index in [1.165, 1.54) is 13.2 Å². The number of rotatable bonds is 3. The molecule has 1 aromatic carbocycles. The first-order valence-electron chi connectivity index (χ1n) is 3.55. The molecule has 0 atom stereocenters. The molecular formula is C10H9O2. The summed E-state index contributed by atoms with van der Waals surface area (Å²) >= 11 is 0. The molecule has 0 aliphatic carbocycles. The van der Waals surface area contributed by atoms with Crippen LogP contribution in [0.1, 0.15) is 5.56 Å². The lowest BCUT2D eigenvalue weighted by atomic mass is 10.2. The third-order valence-corrected chi connectivity index (χ3v) is 1.47. The Bertz CT molecular complexity index is 275. The van der Waals surface area contributed by atoms with Gasteiger partial charge in [0.15, 0.2) is 0 Å². The summed E-state index contributed by atoms with van der Waals surface area (Å²) in [4.78, 5) is 10.1. The molecule has 0 fully saturated rings. The van der Waals surface area contributed by atoms with E-state index < -0.39 is 0 Å². The molecule has 2 nitrogen and oxygen atoms in total. The van der Waals surface area contributed by atoms with E-state index in [1.807, 2.05) is 30.3 Å². The summed E-state index contributed by atoms with van der Waals surface area (Å²) in [5, 5.41) is 0. The Balaban J connectivity index is 2.95. The van der Waals surface area contributed by atoms with Gasteiger partial charge >= 0.3 is 0 Å². The van der Waals surface area contributed by atoms with Gasteiger partial charge in [-0.15, -0.1) is 0 Å². The number of hydrogen-bond acceptors (Lipinski definition) is 2. The van der Waals surface area contributed by atoms with E-state index in [1.54, 1.807) is 6.29 Å². The fourth-order valence-corrected chi connectivity index (χ4v) is 0.916. The second-order valence-electron chi connectivity index (χ2n) is 2.20. The van der Waals surface area contributed by atoms with Crippen LogP contribution >= 0.6 is 0 Å². The molecule has 0 saturated carbocycles. The molecule has 0 aliphatic rings. The maximum absolute atomic E-state index is 10.1. The lowest BCUT2D eigenvalue weighted by Crippen LogP contribution is -1.86. The van der Waals surface area contributed by atoms with Crippen molar-refractivity contribution in [2.75, 3.05) is 7.11 Å². The Morgan fingerprint density at radius 3 is 2.58 bits per heavy atom. The molecule has 1 radical (unpaired) electrons. The molecule has 12 heavy (non-hydrogen) atoms. The SMILES string of the molecule is COC(=C[C]=O)c1ccccc1. The highest BCUT2D eigenvalue weighted by atomic mass is 16.5. The van der Waals surface area contributed by atoms with E-state index in [0.29, 0.717) is 5.76 Å². The molecule has 1 aromatic rings. The topological polar surface area (TPSA) is 26.3 Å². The Morgan fingerprint density at radius 1 is 1.42 bits per heavy atom. The summed E-state index contributed by atoms with van der Waals surface area (Å²) in [6, 6.07) is 9.40. The van der Waals surface area contributed by atoms with Crippen LogP contribution in [0.4, 0.5) is 0 Å². The highest BCUT2D eigenvalue weighted by Crippen LogP contribution is 2.12. The van der Waals surface area contributed by atoms with Crippen LogP contribution in [0.2, 0.25) is 0 Å². The molecule has 1 rings (SSSR count). The molecule has 0 saturated heterocycles. The van der Waals surface area contributed by atoms with Crippen LogP contribution in [0.3, 0.4) is 0 Å². The van der Waals surface area contributed by atoms with E-state index >= 15 is 0 Å². The number of hydrogen-bond donors (Lipinski definition) is 0. The lowest BCUT2D eigenvalue weighted by molar-refractivity contribution is 0.370. The van der Waals surface area contributed by atoms with Crippen molar-refractivity contribution >= 4 is 12.0 Å². The van der Waals surface area contributed by atoms with E-state index in [-0.39, 0.29) is 0 Å². The maximum atomic E-state index is 10.1. The summed E-state index contributed by atoms with van der Waals surface area (Å²) in [6.45, 7) is 0. The van der Waals surface area contributed by atoms with Gasteiger partial charge in [0.2, 0.25) is 6.29 Å². The van der Waals surface area contributed by atoms with Gasteiger partial charge in [0.05, 0.1) is 7.11 Å². The van der Waals surface area contributed by atoms with Gasteiger partial charge in [0.25, 0.3) is 0 Å². The predicted octanol–water partition coefficient (Wildman–Crippen LogP) is 1.78. The molecule has 61 valence electrons. The Hall–Kier alpha value is -1.57. The van der Waals surface area contributed by atoms with Gasteiger partial charge in [0.1, 0.15) is 5.76 Å². The van der Waals surface area contributed by atoms with Crippen molar-refractivity contribution in [1.82, 2.24) is 0 Å². The number of ether oxygens (including phenoxy) is 1. The summed E-state index contributed by atoms with van der Waals surface area (Å²) in [5.41, 5.74) is 0.878. The van der Waals surface area contributed by atoms with Crippen LogP contribution in [0.15, 0.2) is 36.4 Å². The number of benzene rings is 1. The molecule has 0 amide bonds. The first kappa shape index (κ1) is 8.53. The van der Waals surface area contributed by atoms with Gasteiger partial charge in [0, 0.05) is 11.6 Å². The van der Waals surface area contributed by atoms with Crippen molar-refractivity contribution in [3.05, 3.63) is 42.0 Å². The average Bonchev–Trinajstić information content (AvgIpc) is 2.15. The third-order valence-electron chi connectivity index (χ3n) is 1.47. The smallest absolute Gasteiger partial charge is 0.229 e. The van der Waals surface area contributed by atoms with Gasteiger partial charge in [-0.05, 0) is 0 Å². The van der Waals surface area contributed by atoms with Gasteiger partial charge in [-0.3, -0.25) is 4.79 Å². The van der Waals surface area contributed by atoms with Crippen molar-refractivity contribution in [2.45, 2.75) is 0 Å². The van der Waals surface area contributed by atoms with Crippen molar-refractivity contribution < 1.29 is 9.53 Å². The minimum atomic E-state index is 0.533. The first-order chi connectivity index (χ1) is 5.88. The Kier molecular flexibility index (Phi) is 3.08. The average molecular weight is 161 g/mol. The zero-order chi connectivity index (χ0) is 8.81. The van der Waals surface area contributed by atoms with Gasteiger partial charge in [-0.2, -0.15) is 0 Å². The molecular weight excluding hydrogens is 152 g/mol. The van der Waals surface area contributed by atoms with Crippen molar-refractivity contribution in [3.63, 3.8) is 0 Å². The zero-order valence-electron chi connectivity index (χ0n) is 6.78. The van der Waals surface area contributed by atoms with Gasteiger partial charge in [-0.25, -0.2) is 0 Å². The molecule has 2 heteroatoms. The highest BCUT2D eigenvalue weighted by molar-refractivity contribution is 5.78. The second kappa shape index (κ2) is 4.34. The minimum absolute atomic E-state index is 0.533. The van der Waals surface area contributed by atoms with Crippen LogP contribution in [0.25, 0.3) is 5.76 Å². The van der Waals surface area contributed by atoms with Crippen LogP contribution < -0.4 is 0 Å². The Morgan fingerprint density at radius 2 is 2.08 bits per heavy atom. The van der Waals surface area contributed by atoms with Crippen LogP contribution in [-0.2, 0) is 9.53 Å². The zero-order valence-corrected chi connectivity index (χ0v) is 6.78. The predicted molar refractivity (Wildman–Crippen MR) is 47.1 cm³/mol. The third kappa shape index (κ3) is 1.95. The second-order valence-corrected chi connectivity index (χ2v) is 2.20. The number of allylic oxidation sites excluding steroid dienone is 1. The molecule has 0 bridgehead atoms. The fourth-order valence-electron chi connectivity index (χ4n) is 0.916. The molecule has 0 spiro atoms. The van der Waals surface area contributed by atoms with E-state index in [0.717, 1.165) is 5.56 Å². The standard InChI is InChI=1S/C10H9O2/c1-12-10(7-8-11)9-5-3-2-4-6-9/h2-7H,1H3.